The third-order valence-electron chi connectivity index (χ3n) is 3.60. The molecule has 1 aliphatic heterocycles. The molecule has 0 aromatic heterocycles. The zero-order valence-electron chi connectivity index (χ0n) is 11.1. The molecule has 19 heavy (non-hydrogen) atoms. The van der Waals surface area contributed by atoms with Gasteiger partial charge in [-0.3, -0.25) is 9.63 Å². The van der Waals surface area contributed by atoms with Crippen LogP contribution in [0.15, 0.2) is 30.3 Å². The minimum Gasteiger partial charge on any atom is -0.481 e. The van der Waals surface area contributed by atoms with Gasteiger partial charge in [-0.25, -0.2) is 0 Å². The molecule has 1 saturated heterocycles. The summed E-state index contributed by atoms with van der Waals surface area (Å²) in [6, 6.07) is 10.1. The molecule has 0 radical (unpaired) electrons. The molecule has 104 valence electrons. The largest absolute Gasteiger partial charge is 0.481 e. The third kappa shape index (κ3) is 5.01. The Kier molecular flexibility index (Phi) is 5.36. The first-order valence-electron chi connectivity index (χ1n) is 6.87. The molecular formula is C15H21NO3. The van der Waals surface area contributed by atoms with Crippen molar-refractivity contribution in [2.24, 2.45) is 5.92 Å². The van der Waals surface area contributed by atoms with E-state index in [0.29, 0.717) is 12.5 Å². The molecule has 0 saturated carbocycles. The Balaban J connectivity index is 1.65. The number of rotatable bonds is 6. The van der Waals surface area contributed by atoms with Crippen molar-refractivity contribution in [3.63, 3.8) is 0 Å². The van der Waals surface area contributed by atoms with Gasteiger partial charge in [0.2, 0.25) is 0 Å². The summed E-state index contributed by atoms with van der Waals surface area (Å²) in [7, 11) is 0. The van der Waals surface area contributed by atoms with E-state index >= 15 is 0 Å². The maximum Gasteiger partial charge on any atom is 0.303 e. The molecular weight excluding hydrogens is 242 g/mol. The van der Waals surface area contributed by atoms with E-state index in [2.05, 4.69) is 12.1 Å². The number of carboxylic acid groups (broad SMARTS) is 1. The lowest BCUT2D eigenvalue weighted by atomic mass is 9.93. The van der Waals surface area contributed by atoms with Crippen molar-refractivity contribution in [1.29, 1.82) is 0 Å². The lowest BCUT2D eigenvalue weighted by molar-refractivity contribution is -0.184. The molecule has 1 N–H and O–H groups in total. The Morgan fingerprint density at radius 3 is 2.58 bits per heavy atom. The molecule has 0 aliphatic carbocycles. The normalized spacial score (nSPS) is 17.5. The van der Waals surface area contributed by atoms with Gasteiger partial charge in [0.25, 0.3) is 0 Å². The Hall–Kier alpha value is -1.39. The summed E-state index contributed by atoms with van der Waals surface area (Å²) in [5.41, 5.74) is 1.18. The van der Waals surface area contributed by atoms with Crippen LogP contribution in [-0.2, 0) is 16.2 Å². The Labute approximate surface area is 113 Å². The molecule has 1 aromatic carbocycles. The highest BCUT2D eigenvalue weighted by atomic mass is 16.7. The zero-order valence-corrected chi connectivity index (χ0v) is 11.1. The van der Waals surface area contributed by atoms with Gasteiger partial charge < -0.3 is 5.11 Å². The van der Waals surface area contributed by atoms with E-state index in [1.165, 1.54) is 5.56 Å². The van der Waals surface area contributed by atoms with E-state index in [-0.39, 0.29) is 6.42 Å². The van der Waals surface area contributed by atoms with Gasteiger partial charge in [-0.1, -0.05) is 30.3 Å². The number of aliphatic carboxylic acids is 1. The molecule has 0 spiro atoms. The van der Waals surface area contributed by atoms with Gasteiger partial charge in [0.15, 0.2) is 0 Å². The average molecular weight is 263 g/mol. The van der Waals surface area contributed by atoms with Crippen LogP contribution >= 0.6 is 0 Å². The quantitative estimate of drug-likeness (QED) is 0.857. The Bertz CT molecular complexity index is 386. The van der Waals surface area contributed by atoms with Gasteiger partial charge in [-0.2, -0.15) is 5.06 Å². The van der Waals surface area contributed by atoms with Crippen LogP contribution in [0.3, 0.4) is 0 Å². The van der Waals surface area contributed by atoms with E-state index in [0.717, 1.165) is 32.4 Å². The van der Waals surface area contributed by atoms with Crippen LogP contribution in [0, 0.1) is 5.92 Å². The van der Waals surface area contributed by atoms with Crippen molar-refractivity contribution in [2.45, 2.75) is 32.3 Å². The smallest absolute Gasteiger partial charge is 0.303 e. The number of hydrogen-bond acceptors (Lipinski definition) is 3. The predicted molar refractivity (Wildman–Crippen MR) is 72.4 cm³/mol. The number of piperidine rings is 1. The minimum absolute atomic E-state index is 0.287. The first kappa shape index (κ1) is 14.0. The second-order valence-electron chi connectivity index (χ2n) is 5.06. The SMILES string of the molecule is O=C(O)CCC1CCN(OCc2ccccc2)CC1. The second-order valence-corrected chi connectivity index (χ2v) is 5.06. The van der Waals surface area contributed by atoms with Crippen LogP contribution in [0.1, 0.15) is 31.2 Å². The summed E-state index contributed by atoms with van der Waals surface area (Å²) in [5.74, 6) is -0.157. The molecule has 4 heteroatoms. The Morgan fingerprint density at radius 2 is 1.95 bits per heavy atom. The summed E-state index contributed by atoms with van der Waals surface area (Å²) in [4.78, 5) is 16.3. The summed E-state index contributed by atoms with van der Waals surface area (Å²) in [6.07, 6.45) is 3.14. The summed E-state index contributed by atoms with van der Waals surface area (Å²) < 4.78 is 0. The summed E-state index contributed by atoms with van der Waals surface area (Å²) >= 11 is 0. The topological polar surface area (TPSA) is 49.8 Å². The van der Waals surface area contributed by atoms with Gasteiger partial charge in [0.1, 0.15) is 0 Å². The maximum atomic E-state index is 10.5. The van der Waals surface area contributed by atoms with E-state index in [9.17, 15) is 4.79 Å². The molecule has 4 nitrogen and oxygen atoms in total. The van der Waals surface area contributed by atoms with Crippen molar-refractivity contribution in [2.75, 3.05) is 13.1 Å². The highest BCUT2D eigenvalue weighted by Gasteiger charge is 2.20. The first-order chi connectivity index (χ1) is 9.24. The Morgan fingerprint density at radius 1 is 1.26 bits per heavy atom. The number of nitrogens with zero attached hydrogens (tertiary/aromatic N) is 1. The van der Waals surface area contributed by atoms with Crippen LogP contribution in [0.2, 0.25) is 0 Å². The van der Waals surface area contributed by atoms with Crippen LogP contribution in [-0.4, -0.2) is 29.2 Å². The highest BCUT2D eigenvalue weighted by molar-refractivity contribution is 5.66. The molecule has 0 atom stereocenters. The monoisotopic (exact) mass is 263 g/mol. The molecule has 1 heterocycles. The molecule has 0 amide bonds. The maximum absolute atomic E-state index is 10.5. The lowest BCUT2D eigenvalue weighted by Gasteiger charge is -2.30. The van der Waals surface area contributed by atoms with Gasteiger partial charge in [-0.05, 0) is 30.7 Å². The van der Waals surface area contributed by atoms with Gasteiger partial charge in [0, 0.05) is 19.5 Å². The number of hydroxylamine groups is 2. The van der Waals surface area contributed by atoms with Crippen LogP contribution < -0.4 is 0 Å². The predicted octanol–water partition coefficient (Wildman–Crippen LogP) is 2.70. The van der Waals surface area contributed by atoms with Crippen molar-refractivity contribution in [3.8, 4) is 0 Å². The standard InChI is InChI=1S/C15H21NO3/c17-15(18)7-6-13-8-10-16(11-9-13)19-12-14-4-2-1-3-5-14/h1-5,13H,6-12H2,(H,17,18). The molecule has 1 fully saturated rings. The fourth-order valence-electron chi connectivity index (χ4n) is 2.39. The summed E-state index contributed by atoms with van der Waals surface area (Å²) in [6.45, 7) is 2.41. The van der Waals surface area contributed by atoms with E-state index in [1.807, 2.05) is 23.3 Å². The third-order valence-corrected chi connectivity index (χ3v) is 3.60. The van der Waals surface area contributed by atoms with Gasteiger partial charge in [0.05, 0.1) is 6.61 Å². The molecule has 2 rings (SSSR count). The number of hydrogen-bond donors (Lipinski definition) is 1. The minimum atomic E-state index is -0.692. The zero-order chi connectivity index (χ0) is 13.5. The van der Waals surface area contributed by atoms with Crippen LogP contribution in [0.4, 0.5) is 0 Å². The van der Waals surface area contributed by atoms with Crippen molar-refractivity contribution >= 4 is 5.97 Å². The number of benzene rings is 1. The van der Waals surface area contributed by atoms with Crippen LogP contribution in [0.25, 0.3) is 0 Å². The lowest BCUT2D eigenvalue weighted by Crippen LogP contribution is -2.33. The number of carbonyl (C=O) groups is 1. The molecule has 0 unspecified atom stereocenters. The van der Waals surface area contributed by atoms with E-state index in [1.54, 1.807) is 0 Å². The number of carboxylic acids is 1. The van der Waals surface area contributed by atoms with E-state index in [4.69, 9.17) is 9.94 Å². The van der Waals surface area contributed by atoms with Gasteiger partial charge in [-0.15, -0.1) is 0 Å². The first-order valence-corrected chi connectivity index (χ1v) is 6.87. The van der Waals surface area contributed by atoms with Crippen molar-refractivity contribution in [1.82, 2.24) is 5.06 Å². The fraction of sp³-hybridized carbons (Fsp3) is 0.533. The average Bonchev–Trinajstić information content (AvgIpc) is 2.45. The van der Waals surface area contributed by atoms with Crippen LogP contribution in [0.5, 0.6) is 0 Å². The molecule has 0 bridgehead atoms. The van der Waals surface area contributed by atoms with E-state index < -0.39 is 5.97 Å². The second kappa shape index (κ2) is 7.26. The highest BCUT2D eigenvalue weighted by Crippen LogP contribution is 2.22. The van der Waals surface area contributed by atoms with Gasteiger partial charge >= 0.3 is 5.97 Å². The fourth-order valence-corrected chi connectivity index (χ4v) is 2.39. The van der Waals surface area contributed by atoms with Crippen molar-refractivity contribution in [3.05, 3.63) is 35.9 Å². The molecule has 1 aliphatic rings. The van der Waals surface area contributed by atoms with Crippen molar-refractivity contribution < 1.29 is 14.7 Å². The summed E-state index contributed by atoms with van der Waals surface area (Å²) in [5, 5.41) is 10.7. The molecule has 1 aromatic rings.